The van der Waals surface area contributed by atoms with Crippen LogP contribution < -0.4 is 5.32 Å². The highest BCUT2D eigenvalue weighted by molar-refractivity contribution is 6.35. The van der Waals surface area contributed by atoms with E-state index in [9.17, 15) is 9.18 Å². The molecule has 2 fully saturated rings. The Bertz CT molecular complexity index is 908. The first-order valence-corrected chi connectivity index (χ1v) is 11.5. The summed E-state index contributed by atoms with van der Waals surface area (Å²) in [5.41, 5.74) is 1.24. The predicted molar refractivity (Wildman–Crippen MR) is 121 cm³/mol. The highest BCUT2D eigenvalue weighted by Crippen LogP contribution is 2.40. The number of hydrogen-bond donors (Lipinski definition) is 1. The van der Waals surface area contributed by atoms with Crippen LogP contribution in [0.3, 0.4) is 0 Å². The van der Waals surface area contributed by atoms with Crippen molar-refractivity contribution in [3.8, 4) is 0 Å². The number of piperidine rings is 1. The van der Waals surface area contributed by atoms with Crippen LogP contribution in [-0.4, -0.2) is 43.2 Å². The third-order valence-corrected chi connectivity index (χ3v) is 7.02. The van der Waals surface area contributed by atoms with Crippen molar-refractivity contribution in [3.63, 3.8) is 0 Å². The second-order valence-corrected chi connectivity index (χ2v) is 9.31. The molecular weight excluding hydrogens is 438 g/mol. The zero-order valence-electron chi connectivity index (χ0n) is 17.4. The molecule has 2 saturated heterocycles. The number of amides is 1. The standard InChI is InChI=1S/C24H27Cl2FN2O2/c25-18-3-6-21(22(26)15-18)24(9-13-31-14-10-24)23(30)28-20-7-11-29(12-8-20)16-17-1-4-19(27)5-2-17/h1-6,15,20H,7-14,16H2,(H,28,30). The Hall–Kier alpha value is -1.66. The first-order valence-electron chi connectivity index (χ1n) is 10.8. The molecule has 0 radical (unpaired) electrons. The van der Waals surface area contributed by atoms with Crippen LogP contribution in [0.2, 0.25) is 10.0 Å². The minimum atomic E-state index is -0.689. The molecule has 4 nitrogen and oxygen atoms in total. The lowest BCUT2D eigenvalue weighted by atomic mass is 9.73. The van der Waals surface area contributed by atoms with Crippen molar-refractivity contribution in [2.24, 2.45) is 0 Å². The molecule has 2 aliphatic rings. The SMILES string of the molecule is O=C(NC1CCN(Cc2ccc(F)cc2)CC1)C1(c2ccc(Cl)cc2Cl)CCOCC1. The van der Waals surface area contributed by atoms with E-state index in [4.69, 9.17) is 27.9 Å². The smallest absolute Gasteiger partial charge is 0.231 e. The van der Waals surface area contributed by atoms with E-state index in [0.29, 0.717) is 36.1 Å². The van der Waals surface area contributed by atoms with Gasteiger partial charge in [-0.25, -0.2) is 4.39 Å². The van der Waals surface area contributed by atoms with E-state index in [0.717, 1.165) is 43.6 Å². The number of carbonyl (C=O) groups excluding carboxylic acids is 1. The van der Waals surface area contributed by atoms with Crippen LogP contribution in [0.5, 0.6) is 0 Å². The second kappa shape index (κ2) is 9.86. The molecule has 0 spiro atoms. The maximum Gasteiger partial charge on any atom is 0.231 e. The summed E-state index contributed by atoms with van der Waals surface area (Å²) >= 11 is 12.6. The molecule has 166 valence electrons. The molecule has 0 atom stereocenters. The van der Waals surface area contributed by atoms with Gasteiger partial charge in [0.1, 0.15) is 5.82 Å². The third kappa shape index (κ3) is 5.23. The van der Waals surface area contributed by atoms with E-state index >= 15 is 0 Å². The molecule has 1 amide bonds. The molecule has 0 unspecified atom stereocenters. The number of halogens is 3. The van der Waals surface area contributed by atoms with Gasteiger partial charge in [-0.2, -0.15) is 0 Å². The van der Waals surface area contributed by atoms with Crippen molar-refractivity contribution < 1.29 is 13.9 Å². The number of carbonyl (C=O) groups is 1. The molecule has 0 aliphatic carbocycles. The Morgan fingerprint density at radius 1 is 1.10 bits per heavy atom. The van der Waals surface area contributed by atoms with E-state index in [2.05, 4.69) is 10.2 Å². The molecule has 7 heteroatoms. The van der Waals surface area contributed by atoms with Crippen LogP contribution in [0.4, 0.5) is 4.39 Å². The van der Waals surface area contributed by atoms with E-state index < -0.39 is 5.41 Å². The highest BCUT2D eigenvalue weighted by atomic mass is 35.5. The van der Waals surface area contributed by atoms with Crippen molar-refractivity contribution in [2.45, 2.75) is 43.7 Å². The number of rotatable bonds is 5. The van der Waals surface area contributed by atoms with E-state index in [-0.39, 0.29) is 17.8 Å². The predicted octanol–water partition coefficient (Wildman–Crippen LogP) is 4.96. The maximum atomic E-state index is 13.5. The number of nitrogens with zero attached hydrogens (tertiary/aromatic N) is 1. The van der Waals surface area contributed by atoms with Gasteiger partial charge >= 0.3 is 0 Å². The number of benzene rings is 2. The molecule has 0 saturated carbocycles. The number of hydrogen-bond acceptors (Lipinski definition) is 3. The second-order valence-electron chi connectivity index (χ2n) is 8.47. The lowest BCUT2D eigenvalue weighted by Crippen LogP contribution is -2.53. The molecule has 0 aromatic heterocycles. The molecule has 4 rings (SSSR count). The first kappa shape index (κ1) is 22.5. The summed E-state index contributed by atoms with van der Waals surface area (Å²) in [4.78, 5) is 15.9. The summed E-state index contributed by atoms with van der Waals surface area (Å²) in [5.74, 6) is -0.190. The Labute approximate surface area is 192 Å². The van der Waals surface area contributed by atoms with Crippen LogP contribution in [0.15, 0.2) is 42.5 Å². The zero-order valence-corrected chi connectivity index (χ0v) is 18.9. The van der Waals surface area contributed by atoms with Gasteiger partial charge in [-0.15, -0.1) is 0 Å². The largest absolute Gasteiger partial charge is 0.381 e. The van der Waals surface area contributed by atoms with Gasteiger partial charge in [0.15, 0.2) is 0 Å². The summed E-state index contributed by atoms with van der Waals surface area (Å²) in [6.45, 7) is 3.63. The quantitative estimate of drug-likeness (QED) is 0.679. The third-order valence-electron chi connectivity index (χ3n) is 6.47. The zero-order chi connectivity index (χ0) is 21.8. The monoisotopic (exact) mass is 464 g/mol. The van der Waals surface area contributed by atoms with Crippen LogP contribution in [0, 0.1) is 5.82 Å². The first-order chi connectivity index (χ1) is 15.0. The van der Waals surface area contributed by atoms with Crippen LogP contribution in [-0.2, 0) is 21.5 Å². The van der Waals surface area contributed by atoms with E-state index in [1.165, 1.54) is 12.1 Å². The van der Waals surface area contributed by atoms with Crippen LogP contribution in [0.1, 0.15) is 36.8 Å². The molecule has 0 bridgehead atoms. The maximum absolute atomic E-state index is 13.5. The van der Waals surface area contributed by atoms with E-state index in [1.807, 2.05) is 18.2 Å². The fourth-order valence-electron chi connectivity index (χ4n) is 4.62. The van der Waals surface area contributed by atoms with Crippen molar-refractivity contribution in [1.29, 1.82) is 0 Å². The normalized spacial score (nSPS) is 19.8. The number of nitrogens with one attached hydrogen (secondary N) is 1. The van der Waals surface area contributed by atoms with Crippen molar-refractivity contribution in [3.05, 3.63) is 69.5 Å². The average molecular weight is 465 g/mol. The van der Waals surface area contributed by atoms with Gasteiger partial charge in [-0.3, -0.25) is 9.69 Å². The lowest BCUT2D eigenvalue weighted by molar-refractivity contribution is -0.131. The van der Waals surface area contributed by atoms with Gasteiger partial charge in [0.25, 0.3) is 0 Å². The minimum absolute atomic E-state index is 0.0250. The van der Waals surface area contributed by atoms with Gasteiger partial charge in [-0.1, -0.05) is 41.4 Å². The van der Waals surface area contributed by atoms with Gasteiger partial charge in [-0.05, 0) is 61.1 Å². The van der Waals surface area contributed by atoms with Crippen LogP contribution >= 0.6 is 23.2 Å². The number of likely N-dealkylation sites (tertiary alicyclic amines) is 1. The van der Waals surface area contributed by atoms with Crippen molar-refractivity contribution in [2.75, 3.05) is 26.3 Å². The fourth-order valence-corrected chi connectivity index (χ4v) is 5.21. The summed E-state index contributed by atoms with van der Waals surface area (Å²) in [5, 5.41) is 4.39. The van der Waals surface area contributed by atoms with Gasteiger partial charge < -0.3 is 10.1 Å². The average Bonchev–Trinajstić information content (AvgIpc) is 2.77. The molecule has 2 aromatic rings. The summed E-state index contributed by atoms with van der Waals surface area (Å²) in [7, 11) is 0. The van der Waals surface area contributed by atoms with Gasteiger partial charge in [0, 0.05) is 48.9 Å². The van der Waals surface area contributed by atoms with Gasteiger partial charge in [0.05, 0.1) is 5.41 Å². The topological polar surface area (TPSA) is 41.6 Å². The molecule has 2 aromatic carbocycles. The summed E-state index contributed by atoms with van der Waals surface area (Å²) < 4.78 is 18.7. The molecular formula is C24H27Cl2FN2O2. The van der Waals surface area contributed by atoms with Crippen LogP contribution in [0.25, 0.3) is 0 Å². The van der Waals surface area contributed by atoms with E-state index in [1.54, 1.807) is 12.1 Å². The minimum Gasteiger partial charge on any atom is -0.381 e. The Morgan fingerprint density at radius 3 is 2.42 bits per heavy atom. The molecule has 2 aliphatic heterocycles. The molecule has 31 heavy (non-hydrogen) atoms. The van der Waals surface area contributed by atoms with Crippen molar-refractivity contribution in [1.82, 2.24) is 10.2 Å². The summed E-state index contributed by atoms with van der Waals surface area (Å²) in [6.07, 6.45) is 2.97. The lowest BCUT2D eigenvalue weighted by Gasteiger charge is -2.39. The Balaban J connectivity index is 1.40. The fraction of sp³-hybridized carbons (Fsp3) is 0.458. The Kier molecular flexibility index (Phi) is 7.17. The summed E-state index contributed by atoms with van der Waals surface area (Å²) in [6, 6.07) is 12.2. The Morgan fingerprint density at radius 2 is 1.77 bits per heavy atom. The number of ether oxygens (including phenoxy) is 1. The highest BCUT2D eigenvalue weighted by Gasteiger charge is 2.43. The van der Waals surface area contributed by atoms with Gasteiger partial charge in [0.2, 0.25) is 5.91 Å². The molecule has 1 N–H and O–H groups in total. The van der Waals surface area contributed by atoms with Crippen molar-refractivity contribution >= 4 is 29.1 Å². The molecule has 2 heterocycles.